The van der Waals surface area contributed by atoms with Crippen LogP contribution in [-0.4, -0.2) is 48.4 Å². The van der Waals surface area contributed by atoms with Crippen LogP contribution in [0.25, 0.3) is 0 Å². The number of rotatable bonds is 10. The molecule has 8 nitrogen and oxygen atoms in total. The van der Waals surface area contributed by atoms with Crippen molar-refractivity contribution in [3.05, 3.63) is 82.9 Å². The number of carbonyl (C=O) groups is 2. The average molecular weight is 545 g/mol. The van der Waals surface area contributed by atoms with Crippen molar-refractivity contribution in [2.45, 2.75) is 45.6 Å². The molecule has 1 saturated heterocycles. The quantitative estimate of drug-likeness (QED) is 0.352. The molecule has 2 N–H and O–H groups in total. The maximum Gasteiger partial charge on any atom is 0.309 e. The standard InChI is InChI=1S/C32H36N2O6/c1-4-20-8-7-9-21(5-2)30(20)33-28(35)18-34-17-25(23-12-15-26-27(16-23)40-19-39-26)29(32(36)37)31(34)22-10-13-24(14-11-22)38-6-3/h7-16,25,29,31H,4-6,17-19H2,1-3H3,(H,33,35)(H,36,37)/t25-,29+,31-/m1/s1. The zero-order chi connectivity index (χ0) is 28.2. The fraction of sp³-hybridized carbons (Fsp3) is 0.375. The number of hydrogen-bond acceptors (Lipinski definition) is 6. The van der Waals surface area contributed by atoms with Crippen LogP contribution < -0.4 is 19.5 Å². The number of amides is 1. The van der Waals surface area contributed by atoms with E-state index in [0.717, 1.165) is 46.5 Å². The van der Waals surface area contributed by atoms with E-state index in [1.165, 1.54) is 0 Å². The first kappa shape index (κ1) is 27.5. The third kappa shape index (κ3) is 5.49. The molecule has 210 valence electrons. The Morgan fingerprint density at radius 2 is 1.62 bits per heavy atom. The summed E-state index contributed by atoms with van der Waals surface area (Å²) in [5, 5.41) is 13.7. The van der Waals surface area contributed by atoms with Crippen molar-refractivity contribution in [3.8, 4) is 17.2 Å². The van der Waals surface area contributed by atoms with Crippen molar-refractivity contribution in [2.24, 2.45) is 5.92 Å². The SMILES string of the molecule is CCOc1ccc([C@@H]2[C@@H](C(=O)O)[C@@H](c3ccc4c(c3)OCO4)CN2CC(=O)Nc2c(CC)cccc2CC)cc1. The van der Waals surface area contributed by atoms with E-state index in [2.05, 4.69) is 19.2 Å². The van der Waals surface area contributed by atoms with Crippen molar-refractivity contribution in [2.75, 3.05) is 31.8 Å². The van der Waals surface area contributed by atoms with Crippen LogP contribution >= 0.6 is 0 Å². The Balaban J connectivity index is 1.48. The Kier molecular flexibility index (Phi) is 8.26. The van der Waals surface area contributed by atoms with E-state index in [-0.39, 0.29) is 25.2 Å². The molecule has 0 spiro atoms. The van der Waals surface area contributed by atoms with Gasteiger partial charge in [0.05, 0.1) is 19.1 Å². The van der Waals surface area contributed by atoms with Gasteiger partial charge < -0.3 is 24.6 Å². The summed E-state index contributed by atoms with van der Waals surface area (Å²) in [5.41, 5.74) is 4.70. The Labute approximate surface area is 234 Å². The maximum atomic E-state index is 13.5. The Hall–Kier alpha value is -4.04. The molecule has 3 aromatic rings. The minimum atomic E-state index is -0.908. The lowest BCUT2D eigenvalue weighted by molar-refractivity contribution is -0.143. The van der Waals surface area contributed by atoms with Crippen molar-refractivity contribution in [1.82, 2.24) is 4.90 Å². The van der Waals surface area contributed by atoms with Gasteiger partial charge in [-0.15, -0.1) is 0 Å². The number of hydrogen-bond donors (Lipinski definition) is 2. The van der Waals surface area contributed by atoms with Crippen LogP contribution in [0.3, 0.4) is 0 Å². The second-order valence-corrected chi connectivity index (χ2v) is 10.2. The molecule has 0 unspecified atom stereocenters. The average Bonchev–Trinajstić information content (AvgIpc) is 3.58. The lowest BCUT2D eigenvalue weighted by Gasteiger charge is -2.27. The number of fused-ring (bicyclic) bond motifs is 1. The Bertz CT molecular complexity index is 1350. The van der Waals surface area contributed by atoms with E-state index in [1.807, 2.05) is 72.5 Å². The van der Waals surface area contributed by atoms with Gasteiger partial charge in [0.2, 0.25) is 12.7 Å². The summed E-state index contributed by atoms with van der Waals surface area (Å²) in [7, 11) is 0. The highest BCUT2D eigenvalue weighted by Gasteiger charge is 2.48. The molecule has 0 radical (unpaired) electrons. The molecule has 5 rings (SSSR count). The highest BCUT2D eigenvalue weighted by atomic mass is 16.7. The second kappa shape index (κ2) is 12.0. The summed E-state index contributed by atoms with van der Waals surface area (Å²) < 4.78 is 16.7. The Morgan fingerprint density at radius 1 is 0.950 bits per heavy atom. The number of likely N-dealkylation sites (tertiary alicyclic amines) is 1. The first-order valence-electron chi connectivity index (χ1n) is 13.9. The number of para-hydroxylation sites is 1. The minimum Gasteiger partial charge on any atom is -0.494 e. The predicted octanol–water partition coefficient (Wildman–Crippen LogP) is 5.42. The lowest BCUT2D eigenvalue weighted by atomic mass is 9.82. The molecule has 1 amide bonds. The third-order valence-corrected chi connectivity index (χ3v) is 7.85. The van der Waals surface area contributed by atoms with Gasteiger partial charge in [0.15, 0.2) is 11.5 Å². The molecule has 3 atom stereocenters. The molecule has 1 fully saturated rings. The van der Waals surface area contributed by atoms with Gasteiger partial charge in [-0.2, -0.15) is 0 Å². The number of nitrogens with one attached hydrogen (secondary N) is 1. The summed E-state index contributed by atoms with van der Waals surface area (Å²) >= 11 is 0. The van der Waals surface area contributed by atoms with Gasteiger partial charge in [-0.3, -0.25) is 14.5 Å². The molecule has 2 aliphatic heterocycles. The number of nitrogens with zero attached hydrogens (tertiary/aromatic N) is 1. The molecule has 0 saturated carbocycles. The zero-order valence-electron chi connectivity index (χ0n) is 23.2. The van der Waals surface area contributed by atoms with Crippen LogP contribution in [0, 0.1) is 5.92 Å². The van der Waals surface area contributed by atoms with Crippen molar-refractivity contribution < 1.29 is 28.9 Å². The molecule has 0 aromatic heterocycles. The van der Waals surface area contributed by atoms with Crippen LogP contribution in [-0.2, 0) is 22.4 Å². The van der Waals surface area contributed by atoms with Gasteiger partial charge >= 0.3 is 5.97 Å². The van der Waals surface area contributed by atoms with Crippen LogP contribution in [0.15, 0.2) is 60.7 Å². The minimum absolute atomic E-state index is 0.0594. The molecular weight excluding hydrogens is 508 g/mol. The molecule has 3 aromatic carbocycles. The number of carboxylic acid groups (broad SMARTS) is 1. The fourth-order valence-corrected chi connectivity index (χ4v) is 5.97. The zero-order valence-corrected chi connectivity index (χ0v) is 23.2. The van der Waals surface area contributed by atoms with Gasteiger partial charge in [-0.1, -0.05) is 50.2 Å². The summed E-state index contributed by atoms with van der Waals surface area (Å²) in [6.45, 7) is 7.20. The molecule has 40 heavy (non-hydrogen) atoms. The molecular formula is C32H36N2O6. The van der Waals surface area contributed by atoms with E-state index < -0.39 is 17.9 Å². The van der Waals surface area contributed by atoms with Crippen LogP contribution in [0.2, 0.25) is 0 Å². The summed E-state index contributed by atoms with van der Waals surface area (Å²) in [5.74, 6) is -0.231. The molecule has 0 aliphatic carbocycles. The van der Waals surface area contributed by atoms with Crippen LogP contribution in [0.5, 0.6) is 17.2 Å². The number of benzene rings is 3. The molecule has 2 heterocycles. The topological polar surface area (TPSA) is 97.3 Å². The van der Waals surface area contributed by atoms with Crippen molar-refractivity contribution in [1.29, 1.82) is 0 Å². The number of carbonyl (C=O) groups excluding carboxylic acids is 1. The van der Waals surface area contributed by atoms with Gasteiger partial charge in [-0.25, -0.2) is 0 Å². The van der Waals surface area contributed by atoms with Gasteiger partial charge in [0.1, 0.15) is 5.75 Å². The van der Waals surface area contributed by atoms with E-state index in [9.17, 15) is 14.7 Å². The maximum absolute atomic E-state index is 13.5. The van der Waals surface area contributed by atoms with Gasteiger partial charge in [-0.05, 0) is 66.3 Å². The van der Waals surface area contributed by atoms with Crippen LogP contribution in [0.1, 0.15) is 55.0 Å². The summed E-state index contributed by atoms with van der Waals surface area (Å²) in [4.78, 5) is 28.4. The summed E-state index contributed by atoms with van der Waals surface area (Å²) in [6.07, 6.45) is 1.60. The lowest BCUT2D eigenvalue weighted by Crippen LogP contribution is -2.35. The second-order valence-electron chi connectivity index (χ2n) is 10.2. The molecule has 0 bridgehead atoms. The van der Waals surface area contributed by atoms with E-state index >= 15 is 0 Å². The molecule has 8 heteroatoms. The van der Waals surface area contributed by atoms with Gasteiger partial charge in [0, 0.05) is 24.2 Å². The number of carboxylic acids is 1. The van der Waals surface area contributed by atoms with Gasteiger partial charge in [0.25, 0.3) is 0 Å². The number of anilines is 1. The first-order chi connectivity index (χ1) is 19.4. The normalized spacial score (nSPS) is 19.9. The monoisotopic (exact) mass is 544 g/mol. The van der Waals surface area contributed by atoms with Crippen molar-refractivity contribution in [3.63, 3.8) is 0 Å². The number of aliphatic carboxylic acids is 1. The van der Waals surface area contributed by atoms with E-state index in [4.69, 9.17) is 14.2 Å². The van der Waals surface area contributed by atoms with E-state index in [1.54, 1.807) is 0 Å². The van der Waals surface area contributed by atoms with E-state index in [0.29, 0.717) is 24.7 Å². The highest BCUT2D eigenvalue weighted by molar-refractivity contribution is 5.94. The summed E-state index contributed by atoms with van der Waals surface area (Å²) in [6, 6.07) is 18.7. The predicted molar refractivity (Wildman–Crippen MR) is 152 cm³/mol. The van der Waals surface area contributed by atoms with Crippen molar-refractivity contribution >= 4 is 17.6 Å². The third-order valence-electron chi connectivity index (χ3n) is 7.85. The highest BCUT2D eigenvalue weighted by Crippen LogP contribution is 2.47. The Morgan fingerprint density at radius 3 is 2.27 bits per heavy atom. The molecule has 2 aliphatic rings. The fourth-order valence-electron chi connectivity index (χ4n) is 5.97. The largest absolute Gasteiger partial charge is 0.494 e. The van der Waals surface area contributed by atoms with Crippen LogP contribution in [0.4, 0.5) is 5.69 Å². The first-order valence-corrected chi connectivity index (χ1v) is 13.9. The smallest absolute Gasteiger partial charge is 0.309 e. The number of ether oxygens (including phenoxy) is 3. The number of aryl methyl sites for hydroxylation is 2.